The first-order valence-corrected chi connectivity index (χ1v) is 8.05. The van der Waals surface area contributed by atoms with Crippen molar-refractivity contribution in [1.29, 1.82) is 0 Å². The van der Waals surface area contributed by atoms with Crippen LogP contribution in [0.3, 0.4) is 0 Å². The lowest BCUT2D eigenvalue weighted by Gasteiger charge is -2.42. The van der Waals surface area contributed by atoms with Gasteiger partial charge in [0.1, 0.15) is 5.75 Å². The van der Waals surface area contributed by atoms with E-state index in [1.807, 2.05) is 11.8 Å². The van der Waals surface area contributed by atoms with Crippen LogP contribution in [0.15, 0.2) is 24.3 Å². The molecule has 1 aliphatic carbocycles. The van der Waals surface area contributed by atoms with Crippen LogP contribution >= 0.6 is 0 Å². The predicted octanol–water partition coefficient (Wildman–Crippen LogP) is 2.64. The van der Waals surface area contributed by atoms with Gasteiger partial charge in [-0.25, -0.2) is 4.79 Å². The standard InChI is InChI=1S/C16H20F3N3O4/c1-2-22(9-14(23)24)12-7-11(8-12)21-15(25)20-10-3-5-13(6-4-10)26-16(17,18)19/h3-6,11-12H,2,7-9H2,1H3,(H,23,24)(H2,20,21,25). The number of rotatable bonds is 7. The molecule has 144 valence electrons. The summed E-state index contributed by atoms with van der Waals surface area (Å²) in [6.07, 6.45) is -3.47. The molecule has 0 aliphatic heterocycles. The second kappa shape index (κ2) is 8.26. The number of benzene rings is 1. The zero-order chi connectivity index (χ0) is 19.3. The molecule has 1 fully saturated rings. The molecule has 26 heavy (non-hydrogen) atoms. The van der Waals surface area contributed by atoms with Gasteiger partial charge in [-0.2, -0.15) is 0 Å². The summed E-state index contributed by atoms with van der Waals surface area (Å²) in [6, 6.07) is 4.38. The van der Waals surface area contributed by atoms with Gasteiger partial charge in [0.15, 0.2) is 0 Å². The third-order valence-corrected chi connectivity index (χ3v) is 4.06. The van der Waals surface area contributed by atoms with Crippen LogP contribution < -0.4 is 15.4 Å². The van der Waals surface area contributed by atoms with E-state index in [0.29, 0.717) is 25.1 Å². The number of carbonyl (C=O) groups is 2. The van der Waals surface area contributed by atoms with Crippen LogP contribution in [0.25, 0.3) is 0 Å². The van der Waals surface area contributed by atoms with Crippen molar-refractivity contribution in [3.05, 3.63) is 24.3 Å². The third kappa shape index (κ3) is 6.10. The number of carbonyl (C=O) groups excluding carboxylic acids is 1. The van der Waals surface area contributed by atoms with Crippen LogP contribution in [0.4, 0.5) is 23.7 Å². The molecule has 0 heterocycles. The van der Waals surface area contributed by atoms with Gasteiger partial charge < -0.3 is 20.5 Å². The lowest BCUT2D eigenvalue weighted by molar-refractivity contribution is -0.274. The molecule has 0 bridgehead atoms. The minimum atomic E-state index is -4.76. The van der Waals surface area contributed by atoms with Crippen LogP contribution in [0.2, 0.25) is 0 Å². The molecular formula is C16H20F3N3O4. The highest BCUT2D eigenvalue weighted by Crippen LogP contribution is 2.26. The number of ether oxygens (including phenoxy) is 1. The van der Waals surface area contributed by atoms with Crippen molar-refractivity contribution >= 4 is 17.7 Å². The van der Waals surface area contributed by atoms with E-state index in [1.54, 1.807) is 0 Å². The van der Waals surface area contributed by atoms with E-state index in [4.69, 9.17) is 5.11 Å². The minimum absolute atomic E-state index is 0.0353. The number of urea groups is 1. The Labute approximate surface area is 148 Å². The fourth-order valence-corrected chi connectivity index (χ4v) is 2.77. The summed E-state index contributed by atoms with van der Waals surface area (Å²) >= 11 is 0. The number of carboxylic acid groups (broad SMARTS) is 1. The first-order valence-electron chi connectivity index (χ1n) is 8.05. The Morgan fingerprint density at radius 2 is 1.88 bits per heavy atom. The maximum Gasteiger partial charge on any atom is 0.573 e. The van der Waals surface area contributed by atoms with Gasteiger partial charge in [0.25, 0.3) is 0 Å². The molecule has 0 radical (unpaired) electrons. The summed E-state index contributed by atoms with van der Waals surface area (Å²) in [5.74, 6) is -1.26. The summed E-state index contributed by atoms with van der Waals surface area (Å²) in [5.41, 5.74) is 0.328. The predicted molar refractivity (Wildman–Crippen MR) is 87.0 cm³/mol. The Hall–Kier alpha value is -2.49. The molecule has 1 aromatic carbocycles. The third-order valence-electron chi connectivity index (χ3n) is 4.06. The zero-order valence-electron chi connectivity index (χ0n) is 14.0. The Kier molecular flexibility index (Phi) is 6.30. The molecular weight excluding hydrogens is 355 g/mol. The molecule has 0 atom stereocenters. The van der Waals surface area contributed by atoms with Gasteiger partial charge in [-0.15, -0.1) is 13.2 Å². The van der Waals surface area contributed by atoms with E-state index in [9.17, 15) is 22.8 Å². The summed E-state index contributed by atoms with van der Waals surface area (Å²) in [5, 5.41) is 14.1. The summed E-state index contributed by atoms with van der Waals surface area (Å²) in [6.45, 7) is 2.46. The Balaban J connectivity index is 1.75. The molecule has 0 saturated heterocycles. The highest BCUT2D eigenvalue weighted by molar-refractivity contribution is 5.89. The Bertz CT molecular complexity index is 631. The van der Waals surface area contributed by atoms with Crippen molar-refractivity contribution in [2.24, 2.45) is 0 Å². The van der Waals surface area contributed by atoms with E-state index >= 15 is 0 Å². The molecule has 1 aliphatic rings. The number of likely N-dealkylation sites (N-methyl/N-ethyl adjacent to an activating group) is 1. The normalized spacial score (nSPS) is 19.6. The van der Waals surface area contributed by atoms with Crippen molar-refractivity contribution in [2.75, 3.05) is 18.4 Å². The molecule has 7 nitrogen and oxygen atoms in total. The lowest BCUT2D eigenvalue weighted by atomic mass is 9.85. The van der Waals surface area contributed by atoms with Crippen molar-refractivity contribution in [3.8, 4) is 5.75 Å². The second-order valence-electron chi connectivity index (χ2n) is 5.95. The number of halogens is 3. The van der Waals surface area contributed by atoms with Crippen LogP contribution in [0, 0.1) is 0 Å². The van der Waals surface area contributed by atoms with Gasteiger partial charge in [-0.05, 0) is 43.7 Å². The first-order chi connectivity index (χ1) is 12.2. The van der Waals surface area contributed by atoms with E-state index in [-0.39, 0.29) is 24.4 Å². The van der Waals surface area contributed by atoms with Gasteiger partial charge in [0.05, 0.1) is 6.54 Å². The van der Waals surface area contributed by atoms with E-state index in [0.717, 1.165) is 12.1 Å². The smallest absolute Gasteiger partial charge is 0.480 e. The molecule has 0 spiro atoms. The van der Waals surface area contributed by atoms with Gasteiger partial charge in [0, 0.05) is 17.8 Å². The van der Waals surface area contributed by atoms with Crippen molar-refractivity contribution in [1.82, 2.24) is 10.2 Å². The molecule has 0 unspecified atom stereocenters. The molecule has 1 aromatic rings. The molecule has 2 amide bonds. The fourth-order valence-electron chi connectivity index (χ4n) is 2.77. The highest BCUT2D eigenvalue weighted by atomic mass is 19.4. The minimum Gasteiger partial charge on any atom is -0.480 e. The largest absolute Gasteiger partial charge is 0.573 e. The quantitative estimate of drug-likeness (QED) is 0.682. The number of amides is 2. The first kappa shape index (κ1) is 19.8. The number of nitrogens with one attached hydrogen (secondary N) is 2. The Morgan fingerprint density at radius 3 is 2.38 bits per heavy atom. The topological polar surface area (TPSA) is 90.9 Å². The molecule has 0 aromatic heterocycles. The number of alkyl halides is 3. The van der Waals surface area contributed by atoms with Crippen LogP contribution in [-0.4, -0.2) is 53.5 Å². The molecule has 3 N–H and O–H groups in total. The average molecular weight is 375 g/mol. The molecule has 10 heteroatoms. The SMILES string of the molecule is CCN(CC(=O)O)C1CC(NC(=O)Nc2ccc(OC(F)(F)F)cc2)C1. The highest BCUT2D eigenvalue weighted by Gasteiger charge is 2.34. The second-order valence-corrected chi connectivity index (χ2v) is 5.95. The van der Waals surface area contributed by atoms with Gasteiger partial charge in [0.2, 0.25) is 0 Å². The molecule has 2 rings (SSSR count). The van der Waals surface area contributed by atoms with Gasteiger partial charge >= 0.3 is 18.4 Å². The number of anilines is 1. The lowest BCUT2D eigenvalue weighted by Crippen LogP contribution is -2.55. The molecule has 1 saturated carbocycles. The number of aliphatic carboxylic acids is 1. The van der Waals surface area contributed by atoms with Gasteiger partial charge in [-0.1, -0.05) is 6.92 Å². The maximum atomic E-state index is 12.1. The van der Waals surface area contributed by atoms with E-state index in [2.05, 4.69) is 15.4 Å². The zero-order valence-corrected chi connectivity index (χ0v) is 14.0. The fraction of sp³-hybridized carbons (Fsp3) is 0.500. The van der Waals surface area contributed by atoms with Crippen molar-refractivity contribution in [3.63, 3.8) is 0 Å². The number of hydrogen-bond acceptors (Lipinski definition) is 4. The Morgan fingerprint density at radius 1 is 1.27 bits per heavy atom. The van der Waals surface area contributed by atoms with E-state index in [1.165, 1.54) is 12.1 Å². The number of carboxylic acids is 1. The monoisotopic (exact) mass is 375 g/mol. The summed E-state index contributed by atoms with van der Waals surface area (Å²) in [4.78, 5) is 24.5. The average Bonchev–Trinajstić information content (AvgIpc) is 2.49. The van der Waals surface area contributed by atoms with Crippen molar-refractivity contribution in [2.45, 2.75) is 38.2 Å². The summed E-state index contributed by atoms with van der Waals surface area (Å²) < 4.78 is 40.0. The van der Waals surface area contributed by atoms with Crippen LogP contribution in [0.1, 0.15) is 19.8 Å². The maximum absolute atomic E-state index is 12.1. The summed E-state index contributed by atoms with van der Waals surface area (Å²) in [7, 11) is 0. The number of nitrogens with zero attached hydrogens (tertiary/aromatic N) is 1. The van der Waals surface area contributed by atoms with Crippen LogP contribution in [0.5, 0.6) is 5.75 Å². The van der Waals surface area contributed by atoms with Gasteiger partial charge in [-0.3, -0.25) is 9.69 Å². The number of hydrogen-bond donors (Lipinski definition) is 3. The van der Waals surface area contributed by atoms with E-state index < -0.39 is 18.4 Å². The van der Waals surface area contributed by atoms with Crippen LogP contribution in [-0.2, 0) is 4.79 Å². The van der Waals surface area contributed by atoms with Crippen molar-refractivity contribution < 1.29 is 32.6 Å².